The Bertz CT molecular complexity index is 456. The minimum atomic E-state index is -0.263. The Morgan fingerprint density at radius 1 is 1.32 bits per heavy atom. The zero-order valence-corrected chi connectivity index (χ0v) is 11.1. The van der Waals surface area contributed by atoms with Crippen LogP contribution < -0.4 is 5.32 Å². The van der Waals surface area contributed by atoms with Gasteiger partial charge in [0.05, 0.1) is 0 Å². The van der Waals surface area contributed by atoms with Gasteiger partial charge in [-0.15, -0.1) is 0 Å². The third kappa shape index (κ3) is 3.38. The highest BCUT2D eigenvalue weighted by Gasteiger charge is 2.19. The van der Waals surface area contributed by atoms with Gasteiger partial charge >= 0.3 is 0 Å². The molecule has 19 heavy (non-hydrogen) atoms. The topological polar surface area (TPSA) is 72.8 Å². The van der Waals surface area contributed by atoms with Crippen molar-refractivity contribution in [2.24, 2.45) is 5.92 Å². The van der Waals surface area contributed by atoms with Crippen molar-refractivity contribution in [2.45, 2.75) is 12.8 Å². The number of phenolic OH excluding ortho intramolecular Hbond substituents is 2. The molecule has 2 rings (SSSR count). The van der Waals surface area contributed by atoms with Crippen molar-refractivity contribution in [2.75, 3.05) is 26.7 Å². The Labute approximate surface area is 112 Å². The molecule has 1 fully saturated rings. The van der Waals surface area contributed by atoms with E-state index in [2.05, 4.69) is 5.32 Å². The summed E-state index contributed by atoms with van der Waals surface area (Å²) in [6.45, 7) is 2.74. The van der Waals surface area contributed by atoms with Crippen LogP contribution in [0.3, 0.4) is 0 Å². The molecule has 5 heteroatoms. The van der Waals surface area contributed by atoms with Crippen LogP contribution in [0.2, 0.25) is 0 Å². The van der Waals surface area contributed by atoms with Crippen LogP contribution >= 0.6 is 0 Å². The SMILES string of the molecule is CN(CC1CCNCC1)C(=O)c1ccc(O)c(O)c1. The lowest BCUT2D eigenvalue weighted by molar-refractivity contribution is 0.0762. The highest BCUT2D eigenvalue weighted by atomic mass is 16.3. The lowest BCUT2D eigenvalue weighted by Gasteiger charge is -2.27. The van der Waals surface area contributed by atoms with Crippen molar-refractivity contribution in [1.29, 1.82) is 0 Å². The number of phenols is 2. The van der Waals surface area contributed by atoms with Crippen LogP contribution in [0.4, 0.5) is 0 Å². The molecule has 1 aliphatic rings. The minimum Gasteiger partial charge on any atom is -0.504 e. The number of carbonyl (C=O) groups excluding carboxylic acids is 1. The number of benzene rings is 1. The number of rotatable bonds is 3. The third-order valence-corrected chi connectivity index (χ3v) is 3.56. The van der Waals surface area contributed by atoms with Crippen LogP contribution in [0.25, 0.3) is 0 Å². The third-order valence-electron chi connectivity index (χ3n) is 3.56. The summed E-state index contributed by atoms with van der Waals surface area (Å²) in [6.07, 6.45) is 2.16. The van der Waals surface area contributed by atoms with Gasteiger partial charge in [0.1, 0.15) is 0 Å². The van der Waals surface area contributed by atoms with Gasteiger partial charge in [0.2, 0.25) is 0 Å². The zero-order chi connectivity index (χ0) is 13.8. The molecule has 1 amide bonds. The number of amides is 1. The smallest absolute Gasteiger partial charge is 0.253 e. The average molecular weight is 264 g/mol. The van der Waals surface area contributed by atoms with Crippen molar-refractivity contribution < 1.29 is 15.0 Å². The maximum absolute atomic E-state index is 12.2. The Balaban J connectivity index is 1.99. The number of carbonyl (C=O) groups is 1. The second-order valence-corrected chi connectivity index (χ2v) is 5.08. The highest BCUT2D eigenvalue weighted by molar-refractivity contribution is 5.94. The largest absolute Gasteiger partial charge is 0.504 e. The fourth-order valence-corrected chi connectivity index (χ4v) is 2.41. The molecule has 0 unspecified atom stereocenters. The molecule has 1 aromatic rings. The summed E-state index contributed by atoms with van der Waals surface area (Å²) in [5.41, 5.74) is 0.395. The first-order chi connectivity index (χ1) is 9.08. The molecule has 0 aromatic heterocycles. The molecular weight excluding hydrogens is 244 g/mol. The molecule has 3 N–H and O–H groups in total. The molecule has 0 saturated carbocycles. The number of nitrogens with zero attached hydrogens (tertiary/aromatic N) is 1. The van der Waals surface area contributed by atoms with E-state index in [-0.39, 0.29) is 17.4 Å². The van der Waals surface area contributed by atoms with Gasteiger partial charge in [-0.25, -0.2) is 0 Å². The van der Waals surface area contributed by atoms with Gasteiger partial charge in [-0.05, 0) is 50.0 Å². The van der Waals surface area contributed by atoms with Crippen molar-refractivity contribution in [3.05, 3.63) is 23.8 Å². The predicted octanol–water partition coefficient (Wildman–Crippen LogP) is 1.17. The number of nitrogens with one attached hydrogen (secondary N) is 1. The average Bonchev–Trinajstić information content (AvgIpc) is 2.42. The molecule has 0 radical (unpaired) electrons. The van der Waals surface area contributed by atoms with Gasteiger partial charge in [-0.3, -0.25) is 4.79 Å². The van der Waals surface area contributed by atoms with Gasteiger partial charge in [0, 0.05) is 19.2 Å². The van der Waals surface area contributed by atoms with Gasteiger partial charge in [0.15, 0.2) is 11.5 Å². The second-order valence-electron chi connectivity index (χ2n) is 5.08. The zero-order valence-electron chi connectivity index (χ0n) is 11.1. The van der Waals surface area contributed by atoms with E-state index in [0.29, 0.717) is 11.5 Å². The van der Waals surface area contributed by atoms with Gasteiger partial charge in [-0.1, -0.05) is 0 Å². The summed E-state index contributed by atoms with van der Waals surface area (Å²) in [6, 6.07) is 4.16. The first-order valence-corrected chi connectivity index (χ1v) is 6.56. The van der Waals surface area contributed by atoms with E-state index in [4.69, 9.17) is 0 Å². The summed E-state index contributed by atoms with van der Waals surface area (Å²) < 4.78 is 0. The van der Waals surface area contributed by atoms with Crippen LogP contribution in [0.5, 0.6) is 11.5 Å². The molecule has 0 atom stereocenters. The summed E-state index contributed by atoms with van der Waals surface area (Å²) in [5.74, 6) is -0.0755. The van der Waals surface area contributed by atoms with Crippen LogP contribution in [-0.4, -0.2) is 47.7 Å². The van der Waals surface area contributed by atoms with Gasteiger partial charge < -0.3 is 20.4 Å². The fourth-order valence-electron chi connectivity index (χ4n) is 2.41. The lowest BCUT2D eigenvalue weighted by Crippen LogP contribution is -2.37. The van der Waals surface area contributed by atoms with Crippen molar-refractivity contribution >= 4 is 5.91 Å². The van der Waals surface area contributed by atoms with Crippen molar-refractivity contribution in [3.8, 4) is 11.5 Å². The molecule has 0 bridgehead atoms. The minimum absolute atomic E-state index is 0.131. The molecule has 104 valence electrons. The summed E-state index contributed by atoms with van der Waals surface area (Å²) >= 11 is 0. The van der Waals surface area contributed by atoms with Crippen LogP contribution in [0.15, 0.2) is 18.2 Å². The maximum Gasteiger partial charge on any atom is 0.253 e. The normalized spacial score (nSPS) is 16.3. The number of piperidine rings is 1. The first kappa shape index (κ1) is 13.7. The molecule has 1 aliphatic heterocycles. The summed E-state index contributed by atoms with van der Waals surface area (Å²) in [4.78, 5) is 13.9. The van der Waals surface area contributed by atoms with Crippen LogP contribution in [0, 0.1) is 5.92 Å². The fraction of sp³-hybridized carbons (Fsp3) is 0.500. The number of hydrogen-bond donors (Lipinski definition) is 3. The van der Waals surface area contributed by atoms with Crippen molar-refractivity contribution in [1.82, 2.24) is 10.2 Å². The highest BCUT2D eigenvalue weighted by Crippen LogP contribution is 2.25. The quantitative estimate of drug-likeness (QED) is 0.717. The predicted molar refractivity (Wildman–Crippen MR) is 72.3 cm³/mol. The molecule has 0 spiro atoms. The standard InChI is InChI=1S/C14H20N2O3/c1-16(9-10-4-6-15-7-5-10)14(19)11-2-3-12(17)13(18)8-11/h2-3,8,10,15,17-18H,4-7,9H2,1H3. The Morgan fingerprint density at radius 2 is 2.00 bits per heavy atom. The van der Waals surface area contributed by atoms with Gasteiger partial charge in [0.25, 0.3) is 5.91 Å². The molecule has 1 aromatic carbocycles. The van der Waals surface area contributed by atoms with Gasteiger partial charge in [-0.2, -0.15) is 0 Å². The maximum atomic E-state index is 12.2. The molecule has 0 aliphatic carbocycles. The van der Waals surface area contributed by atoms with E-state index in [1.165, 1.54) is 18.2 Å². The van der Waals surface area contributed by atoms with E-state index in [1.54, 1.807) is 11.9 Å². The first-order valence-electron chi connectivity index (χ1n) is 6.56. The second kappa shape index (κ2) is 5.93. The van der Waals surface area contributed by atoms with Crippen LogP contribution in [-0.2, 0) is 0 Å². The molecule has 5 nitrogen and oxygen atoms in total. The summed E-state index contributed by atoms with van der Waals surface area (Å²) in [7, 11) is 1.77. The van der Waals surface area contributed by atoms with E-state index in [9.17, 15) is 15.0 Å². The number of aromatic hydroxyl groups is 2. The van der Waals surface area contributed by atoms with Crippen molar-refractivity contribution in [3.63, 3.8) is 0 Å². The Hall–Kier alpha value is -1.75. The van der Waals surface area contributed by atoms with Crippen LogP contribution in [0.1, 0.15) is 23.2 Å². The molecule has 1 saturated heterocycles. The monoisotopic (exact) mass is 264 g/mol. The Morgan fingerprint density at radius 3 is 2.63 bits per heavy atom. The Kier molecular flexibility index (Phi) is 4.27. The van der Waals surface area contributed by atoms with E-state index in [0.717, 1.165) is 32.5 Å². The van der Waals surface area contributed by atoms with E-state index in [1.807, 2.05) is 0 Å². The lowest BCUT2D eigenvalue weighted by atomic mass is 9.97. The van der Waals surface area contributed by atoms with E-state index >= 15 is 0 Å². The summed E-state index contributed by atoms with van der Waals surface area (Å²) in [5, 5.41) is 22.0. The number of hydrogen-bond acceptors (Lipinski definition) is 4. The molecule has 1 heterocycles. The molecular formula is C14H20N2O3. The van der Waals surface area contributed by atoms with E-state index < -0.39 is 0 Å².